The van der Waals surface area contributed by atoms with Crippen LogP contribution in [-0.4, -0.2) is 48.4 Å². The van der Waals surface area contributed by atoms with Gasteiger partial charge in [0.25, 0.3) is 0 Å². The molecule has 1 saturated heterocycles. The Bertz CT molecular complexity index is 722. The molecule has 3 rings (SSSR count). The molecule has 1 aliphatic heterocycles. The molecule has 1 amide bonds. The van der Waals surface area contributed by atoms with Crippen LogP contribution >= 0.6 is 11.6 Å². The van der Waals surface area contributed by atoms with Crippen LogP contribution in [0.4, 0.5) is 0 Å². The zero-order valence-electron chi connectivity index (χ0n) is 14.3. The highest BCUT2D eigenvalue weighted by Gasteiger charge is 2.20. The van der Waals surface area contributed by atoms with Crippen molar-refractivity contribution in [2.75, 3.05) is 32.7 Å². The van der Waals surface area contributed by atoms with Gasteiger partial charge in [0.2, 0.25) is 5.91 Å². The summed E-state index contributed by atoms with van der Waals surface area (Å²) in [5.41, 5.74) is 2.12. The van der Waals surface area contributed by atoms with E-state index >= 15 is 0 Å². The molecule has 0 unspecified atom stereocenters. The first-order valence-corrected chi connectivity index (χ1v) is 9.05. The standard InChI is InChI=1S/C21H23ClN2O/c22-20-11-5-4-10-19(20)17-21(25)24-15-13-23(14-16-24)12-6-9-18-7-2-1-3-8-18/h1-11H,12-17H2. The number of nitrogens with zero attached hydrogens (tertiary/aromatic N) is 2. The molecule has 2 aromatic rings. The third-order valence-electron chi connectivity index (χ3n) is 4.50. The van der Waals surface area contributed by atoms with E-state index in [4.69, 9.17) is 11.6 Å². The van der Waals surface area contributed by atoms with Crippen molar-refractivity contribution in [2.24, 2.45) is 0 Å². The van der Waals surface area contributed by atoms with Crippen LogP contribution in [0, 0.1) is 0 Å². The molecule has 4 heteroatoms. The second-order valence-electron chi connectivity index (χ2n) is 6.26. The molecule has 1 fully saturated rings. The third-order valence-corrected chi connectivity index (χ3v) is 4.87. The van der Waals surface area contributed by atoms with Gasteiger partial charge in [-0.1, -0.05) is 72.3 Å². The zero-order valence-corrected chi connectivity index (χ0v) is 15.0. The van der Waals surface area contributed by atoms with E-state index < -0.39 is 0 Å². The summed E-state index contributed by atoms with van der Waals surface area (Å²) in [7, 11) is 0. The van der Waals surface area contributed by atoms with Crippen LogP contribution < -0.4 is 0 Å². The van der Waals surface area contributed by atoms with Crippen LogP contribution in [-0.2, 0) is 11.2 Å². The van der Waals surface area contributed by atoms with Crippen molar-refractivity contribution in [3.8, 4) is 0 Å². The lowest BCUT2D eigenvalue weighted by molar-refractivity contribution is -0.132. The lowest BCUT2D eigenvalue weighted by Crippen LogP contribution is -2.49. The number of carbonyl (C=O) groups is 1. The van der Waals surface area contributed by atoms with Crippen molar-refractivity contribution in [2.45, 2.75) is 6.42 Å². The van der Waals surface area contributed by atoms with Gasteiger partial charge in [0, 0.05) is 37.7 Å². The van der Waals surface area contributed by atoms with Crippen LogP contribution in [0.25, 0.3) is 6.08 Å². The number of amides is 1. The van der Waals surface area contributed by atoms with Gasteiger partial charge in [-0.3, -0.25) is 9.69 Å². The van der Waals surface area contributed by atoms with E-state index in [1.807, 2.05) is 47.4 Å². The quantitative estimate of drug-likeness (QED) is 0.816. The molecular formula is C21H23ClN2O. The van der Waals surface area contributed by atoms with Gasteiger partial charge in [-0.2, -0.15) is 0 Å². The lowest BCUT2D eigenvalue weighted by Gasteiger charge is -2.34. The molecule has 2 aromatic carbocycles. The lowest BCUT2D eigenvalue weighted by atomic mass is 10.1. The van der Waals surface area contributed by atoms with E-state index in [2.05, 4.69) is 29.2 Å². The van der Waals surface area contributed by atoms with E-state index in [9.17, 15) is 4.79 Å². The summed E-state index contributed by atoms with van der Waals surface area (Å²) in [5, 5.41) is 0.667. The maximum absolute atomic E-state index is 12.5. The molecule has 0 bridgehead atoms. The fourth-order valence-corrected chi connectivity index (χ4v) is 3.20. The number of hydrogen-bond acceptors (Lipinski definition) is 2. The number of carbonyl (C=O) groups excluding carboxylic acids is 1. The average Bonchev–Trinajstić information content (AvgIpc) is 2.65. The smallest absolute Gasteiger partial charge is 0.227 e. The fraction of sp³-hybridized carbons (Fsp3) is 0.286. The molecule has 0 radical (unpaired) electrons. The Hall–Kier alpha value is -2.10. The Morgan fingerprint density at radius 2 is 1.64 bits per heavy atom. The Morgan fingerprint density at radius 3 is 2.36 bits per heavy atom. The highest BCUT2D eigenvalue weighted by molar-refractivity contribution is 6.31. The van der Waals surface area contributed by atoms with Crippen molar-refractivity contribution in [3.05, 3.63) is 76.8 Å². The highest BCUT2D eigenvalue weighted by Crippen LogP contribution is 2.16. The summed E-state index contributed by atoms with van der Waals surface area (Å²) >= 11 is 6.15. The Morgan fingerprint density at radius 1 is 0.960 bits per heavy atom. The molecule has 1 aliphatic rings. The molecule has 0 N–H and O–H groups in total. The highest BCUT2D eigenvalue weighted by atomic mass is 35.5. The first-order chi connectivity index (χ1) is 12.2. The van der Waals surface area contributed by atoms with Crippen molar-refractivity contribution in [1.82, 2.24) is 9.80 Å². The molecular weight excluding hydrogens is 332 g/mol. The largest absolute Gasteiger partial charge is 0.340 e. The van der Waals surface area contributed by atoms with Crippen molar-refractivity contribution >= 4 is 23.6 Å². The minimum absolute atomic E-state index is 0.160. The number of benzene rings is 2. The number of halogens is 1. The molecule has 3 nitrogen and oxygen atoms in total. The molecule has 1 heterocycles. The number of hydrogen-bond donors (Lipinski definition) is 0. The molecule has 0 spiro atoms. The first-order valence-electron chi connectivity index (χ1n) is 8.67. The van der Waals surface area contributed by atoms with E-state index in [0.29, 0.717) is 11.4 Å². The summed E-state index contributed by atoms with van der Waals surface area (Å²) in [4.78, 5) is 16.8. The normalized spacial score (nSPS) is 15.6. The summed E-state index contributed by atoms with van der Waals surface area (Å²) in [6.45, 7) is 4.30. The maximum atomic E-state index is 12.5. The van der Waals surface area contributed by atoms with E-state index in [1.165, 1.54) is 5.56 Å². The van der Waals surface area contributed by atoms with Crippen molar-refractivity contribution in [1.29, 1.82) is 0 Å². The molecule has 0 atom stereocenters. The van der Waals surface area contributed by atoms with Gasteiger partial charge in [0.15, 0.2) is 0 Å². The monoisotopic (exact) mass is 354 g/mol. The molecule has 0 saturated carbocycles. The summed E-state index contributed by atoms with van der Waals surface area (Å²) in [5.74, 6) is 0.160. The summed E-state index contributed by atoms with van der Waals surface area (Å²) in [6.07, 6.45) is 4.72. The van der Waals surface area contributed by atoms with Gasteiger partial charge < -0.3 is 4.90 Å². The van der Waals surface area contributed by atoms with E-state index in [0.717, 1.165) is 38.3 Å². The number of piperazine rings is 1. The van der Waals surface area contributed by atoms with Gasteiger partial charge >= 0.3 is 0 Å². The van der Waals surface area contributed by atoms with Gasteiger partial charge in [-0.05, 0) is 17.2 Å². The molecule has 130 valence electrons. The van der Waals surface area contributed by atoms with Crippen LogP contribution in [0.5, 0.6) is 0 Å². The summed E-state index contributed by atoms with van der Waals surface area (Å²) in [6, 6.07) is 17.9. The molecule has 0 aliphatic carbocycles. The van der Waals surface area contributed by atoms with E-state index in [1.54, 1.807) is 0 Å². The SMILES string of the molecule is O=C(Cc1ccccc1Cl)N1CCN(CC=Cc2ccccc2)CC1. The van der Waals surface area contributed by atoms with Gasteiger partial charge in [0.1, 0.15) is 0 Å². The van der Waals surface area contributed by atoms with Gasteiger partial charge in [-0.15, -0.1) is 0 Å². The van der Waals surface area contributed by atoms with Gasteiger partial charge in [-0.25, -0.2) is 0 Å². The minimum atomic E-state index is 0.160. The van der Waals surface area contributed by atoms with Crippen molar-refractivity contribution < 1.29 is 4.79 Å². The Kier molecular flexibility index (Phi) is 6.26. The Balaban J connectivity index is 1.44. The second-order valence-corrected chi connectivity index (χ2v) is 6.67. The van der Waals surface area contributed by atoms with Crippen LogP contribution in [0.3, 0.4) is 0 Å². The fourth-order valence-electron chi connectivity index (χ4n) is 3.00. The third kappa shape index (κ3) is 5.18. The maximum Gasteiger partial charge on any atom is 0.227 e. The number of rotatable bonds is 5. The first kappa shape index (κ1) is 17.7. The zero-order chi connectivity index (χ0) is 17.5. The average molecular weight is 355 g/mol. The minimum Gasteiger partial charge on any atom is -0.340 e. The van der Waals surface area contributed by atoms with E-state index in [-0.39, 0.29) is 5.91 Å². The predicted octanol–water partition coefficient (Wildman–Crippen LogP) is 3.74. The van der Waals surface area contributed by atoms with Crippen LogP contribution in [0.1, 0.15) is 11.1 Å². The topological polar surface area (TPSA) is 23.6 Å². The molecule has 0 aromatic heterocycles. The summed E-state index contributed by atoms with van der Waals surface area (Å²) < 4.78 is 0. The van der Waals surface area contributed by atoms with Gasteiger partial charge in [0.05, 0.1) is 6.42 Å². The second kappa shape index (κ2) is 8.84. The van der Waals surface area contributed by atoms with Crippen molar-refractivity contribution in [3.63, 3.8) is 0 Å². The van der Waals surface area contributed by atoms with Crippen LogP contribution in [0.2, 0.25) is 5.02 Å². The molecule has 25 heavy (non-hydrogen) atoms. The Labute approximate surface area is 154 Å². The predicted molar refractivity (Wildman–Crippen MR) is 104 cm³/mol. The van der Waals surface area contributed by atoms with Crippen LogP contribution in [0.15, 0.2) is 60.7 Å².